The molecule has 0 saturated carbocycles. The van der Waals surface area contributed by atoms with Crippen LogP contribution in [0.15, 0.2) is 41.0 Å². The van der Waals surface area contributed by atoms with Crippen molar-refractivity contribution in [3.05, 3.63) is 53.5 Å². The Kier molecular flexibility index (Phi) is 3.05. The van der Waals surface area contributed by atoms with E-state index in [1.807, 2.05) is 19.9 Å². The zero-order chi connectivity index (χ0) is 15.0. The quantitative estimate of drug-likeness (QED) is 0.909. The Balaban J connectivity index is 1.77. The van der Waals surface area contributed by atoms with Crippen molar-refractivity contribution in [1.82, 2.24) is 5.32 Å². The summed E-state index contributed by atoms with van der Waals surface area (Å²) in [4.78, 5) is 24.0. The summed E-state index contributed by atoms with van der Waals surface area (Å²) in [5.41, 5.74) is 1.57. The van der Waals surface area contributed by atoms with Gasteiger partial charge in [-0.05, 0) is 43.7 Å². The second kappa shape index (κ2) is 4.77. The van der Waals surface area contributed by atoms with E-state index in [4.69, 9.17) is 4.42 Å². The number of rotatable bonds is 3. The molecule has 0 unspecified atom stereocenters. The molecule has 2 heterocycles. The third-order valence-corrected chi connectivity index (χ3v) is 3.77. The number of furan rings is 1. The molecule has 5 heteroatoms. The molecule has 0 aliphatic carbocycles. The van der Waals surface area contributed by atoms with Crippen molar-refractivity contribution in [3.63, 3.8) is 0 Å². The van der Waals surface area contributed by atoms with Gasteiger partial charge < -0.3 is 15.1 Å². The van der Waals surface area contributed by atoms with Gasteiger partial charge in [0, 0.05) is 11.3 Å². The molecule has 1 aliphatic heterocycles. The third-order valence-electron chi connectivity index (χ3n) is 3.77. The lowest BCUT2D eigenvalue weighted by Crippen LogP contribution is -2.26. The summed E-state index contributed by atoms with van der Waals surface area (Å²) in [5, 5.41) is 5.59. The van der Waals surface area contributed by atoms with Crippen LogP contribution < -0.4 is 10.6 Å². The van der Waals surface area contributed by atoms with Crippen molar-refractivity contribution in [1.29, 1.82) is 0 Å². The van der Waals surface area contributed by atoms with E-state index in [0.29, 0.717) is 23.6 Å². The number of benzene rings is 1. The Bertz CT molecular complexity index is 702. The van der Waals surface area contributed by atoms with Crippen molar-refractivity contribution in [2.75, 3.05) is 5.32 Å². The molecule has 3 rings (SSSR count). The second-order valence-electron chi connectivity index (χ2n) is 5.60. The highest BCUT2D eigenvalue weighted by Gasteiger charge is 2.38. The average molecular weight is 284 g/mol. The van der Waals surface area contributed by atoms with E-state index >= 15 is 0 Å². The minimum atomic E-state index is -0.557. The zero-order valence-corrected chi connectivity index (χ0v) is 11.9. The second-order valence-corrected chi connectivity index (χ2v) is 5.60. The molecule has 2 aromatic rings. The highest BCUT2D eigenvalue weighted by atomic mass is 16.3. The van der Waals surface area contributed by atoms with Crippen LogP contribution in [0.25, 0.3) is 0 Å². The van der Waals surface area contributed by atoms with Gasteiger partial charge in [0.2, 0.25) is 5.91 Å². The lowest BCUT2D eigenvalue weighted by molar-refractivity contribution is -0.119. The molecule has 0 atom stereocenters. The van der Waals surface area contributed by atoms with E-state index in [2.05, 4.69) is 10.6 Å². The lowest BCUT2D eigenvalue weighted by Gasteiger charge is -2.14. The number of hydrogen-bond donors (Lipinski definition) is 2. The molecule has 2 N–H and O–H groups in total. The minimum absolute atomic E-state index is 0.0503. The van der Waals surface area contributed by atoms with Crippen molar-refractivity contribution < 1.29 is 14.0 Å². The first-order valence-electron chi connectivity index (χ1n) is 6.75. The lowest BCUT2D eigenvalue weighted by atomic mass is 9.86. The summed E-state index contributed by atoms with van der Waals surface area (Å²) >= 11 is 0. The highest BCUT2D eigenvalue weighted by molar-refractivity contribution is 6.07. The molecule has 1 aliphatic rings. The fraction of sp³-hybridized carbons (Fsp3) is 0.250. The first-order chi connectivity index (χ1) is 9.98. The molecule has 21 heavy (non-hydrogen) atoms. The van der Waals surface area contributed by atoms with E-state index in [-0.39, 0.29) is 11.8 Å². The SMILES string of the molecule is CC1(C)C(=O)Nc2cc(C(=O)NCc3ccco3)ccc21. The first kappa shape index (κ1) is 13.4. The van der Waals surface area contributed by atoms with Crippen molar-refractivity contribution in [2.24, 2.45) is 0 Å². The molecule has 1 aromatic carbocycles. The number of fused-ring (bicyclic) bond motifs is 1. The number of nitrogens with one attached hydrogen (secondary N) is 2. The highest BCUT2D eigenvalue weighted by Crippen LogP contribution is 2.37. The maximum atomic E-state index is 12.1. The summed E-state index contributed by atoms with van der Waals surface area (Å²) in [6, 6.07) is 8.84. The van der Waals surface area contributed by atoms with Crippen LogP contribution in [0.1, 0.15) is 35.5 Å². The van der Waals surface area contributed by atoms with Gasteiger partial charge in [-0.1, -0.05) is 6.07 Å². The summed E-state index contributed by atoms with van der Waals surface area (Å²) in [5.74, 6) is 0.442. The van der Waals surface area contributed by atoms with E-state index in [0.717, 1.165) is 5.56 Å². The molecule has 0 radical (unpaired) electrons. The Labute approximate surface area is 122 Å². The summed E-state index contributed by atoms with van der Waals surface area (Å²) in [7, 11) is 0. The van der Waals surface area contributed by atoms with Crippen LogP contribution >= 0.6 is 0 Å². The maximum Gasteiger partial charge on any atom is 0.251 e. The molecule has 0 saturated heterocycles. The van der Waals surface area contributed by atoms with Crippen LogP contribution in [0.3, 0.4) is 0 Å². The molecule has 108 valence electrons. The largest absolute Gasteiger partial charge is 0.467 e. The van der Waals surface area contributed by atoms with Crippen LogP contribution in [-0.4, -0.2) is 11.8 Å². The summed E-state index contributed by atoms with van der Waals surface area (Å²) in [6.07, 6.45) is 1.56. The van der Waals surface area contributed by atoms with E-state index in [1.54, 1.807) is 30.5 Å². The van der Waals surface area contributed by atoms with Gasteiger partial charge in [-0.2, -0.15) is 0 Å². The molecule has 2 amide bonds. The summed E-state index contributed by atoms with van der Waals surface area (Å²) < 4.78 is 5.16. The fourth-order valence-electron chi connectivity index (χ4n) is 2.42. The van der Waals surface area contributed by atoms with Gasteiger partial charge in [0.25, 0.3) is 5.91 Å². The van der Waals surface area contributed by atoms with Crippen molar-refractivity contribution in [3.8, 4) is 0 Å². The number of amides is 2. The predicted molar refractivity (Wildman–Crippen MR) is 78.0 cm³/mol. The number of carbonyl (C=O) groups is 2. The molecular weight excluding hydrogens is 268 g/mol. The Morgan fingerprint density at radius 1 is 1.33 bits per heavy atom. The topological polar surface area (TPSA) is 71.3 Å². The molecule has 1 aromatic heterocycles. The first-order valence-corrected chi connectivity index (χ1v) is 6.75. The van der Waals surface area contributed by atoms with Gasteiger partial charge in [-0.25, -0.2) is 0 Å². The van der Waals surface area contributed by atoms with E-state index in [9.17, 15) is 9.59 Å². The fourth-order valence-corrected chi connectivity index (χ4v) is 2.42. The minimum Gasteiger partial charge on any atom is -0.467 e. The van der Waals surface area contributed by atoms with Gasteiger partial charge in [0.15, 0.2) is 0 Å². The monoisotopic (exact) mass is 284 g/mol. The average Bonchev–Trinajstić information content (AvgIpc) is 3.04. The Morgan fingerprint density at radius 3 is 2.86 bits per heavy atom. The Hall–Kier alpha value is -2.56. The normalized spacial score (nSPS) is 15.4. The van der Waals surface area contributed by atoms with Gasteiger partial charge in [-0.3, -0.25) is 9.59 Å². The van der Waals surface area contributed by atoms with Gasteiger partial charge in [0.1, 0.15) is 5.76 Å². The molecule has 0 fully saturated rings. The molecule has 5 nitrogen and oxygen atoms in total. The number of hydrogen-bond acceptors (Lipinski definition) is 3. The van der Waals surface area contributed by atoms with Gasteiger partial charge in [-0.15, -0.1) is 0 Å². The van der Waals surface area contributed by atoms with Gasteiger partial charge >= 0.3 is 0 Å². The van der Waals surface area contributed by atoms with E-state index in [1.165, 1.54) is 0 Å². The predicted octanol–water partition coefficient (Wildman–Crippen LogP) is 2.44. The Morgan fingerprint density at radius 2 is 2.14 bits per heavy atom. The number of carbonyl (C=O) groups excluding carboxylic acids is 2. The van der Waals surface area contributed by atoms with Crippen LogP contribution in [0.4, 0.5) is 5.69 Å². The van der Waals surface area contributed by atoms with Crippen LogP contribution in [-0.2, 0) is 16.8 Å². The smallest absolute Gasteiger partial charge is 0.251 e. The van der Waals surface area contributed by atoms with Crippen molar-refractivity contribution >= 4 is 17.5 Å². The molecular formula is C16H16N2O3. The standard InChI is InChI=1S/C16H16N2O3/c1-16(2)12-6-5-10(8-13(12)18-15(16)20)14(19)17-9-11-4-3-7-21-11/h3-8H,9H2,1-2H3,(H,17,19)(H,18,20). The molecule has 0 spiro atoms. The number of anilines is 1. The molecule has 0 bridgehead atoms. The summed E-state index contributed by atoms with van der Waals surface area (Å²) in [6.45, 7) is 4.07. The van der Waals surface area contributed by atoms with E-state index < -0.39 is 5.41 Å². The maximum absolute atomic E-state index is 12.1. The van der Waals surface area contributed by atoms with Crippen LogP contribution in [0.5, 0.6) is 0 Å². The zero-order valence-electron chi connectivity index (χ0n) is 11.9. The van der Waals surface area contributed by atoms with Crippen molar-refractivity contribution in [2.45, 2.75) is 25.8 Å². The van der Waals surface area contributed by atoms with Crippen LogP contribution in [0.2, 0.25) is 0 Å². The van der Waals surface area contributed by atoms with Gasteiger partial charge in [0.05, 0.1) is 18.2 Å². The van der Waals surface area contributed by atoms with Crippen LogP contribution in [0, 0.1) is 0 Å². The third kappa shape index (κ3) is 2.31.